The Morgan fingerprint density at radius 2 is 1.81 bits per heavy atom. The molecule has 0 saturated heterocycles. The minimum Gasteiger partial charge on any atom is -0.343 e. The van der Waals surface area contributed by atoms with Gasteiger partial charge in [-0.15, -0.1) is 0 Å². The lowest BCUT2D eigenvalue weighted by molar-refractivity contribution is -0.147. The summed E-state index contributed by atoms with van der Waals surface area (Å²) in [6, 6.07) is 2.14. The fourth-order valence-electron chi connectivity index (χ4n) is 2.96. The molecule has 10 heteroatoms. The number of pyridine rings is 1. The van der Waals surface area contributed by atoms with Gasteiger partial charge in [0.05, 0.1) is 12.7 Å². The molecule has 1 rings (SSSR count). The number of unbranched alkanes of at least 4 members (excludes halogenated alkanes) is 2. The van der Waals surface area contributed by atoms with E-state index in [0.29, 0.717) is 18.5 Å². The number of aromatic nitrogens is 1. The van der Waals surface area contributed by atoms with E-state index in [2.05, 4.69) is 15.6 Å². The van der Waals surface area contributed by atoms with E-state index < -0.39 is 42.5 Å². The molecule has 0 aliphatic carbocycles. The van der Waals surface area contributed by atoms with E-state index in [0.717, 1.165) is 19.9 Å². The van der Waals surface area contributed by atoms with Gasteiger partial charge in [0, 0.05) is 25.4 Å². The Hall–Kier alpha value is -2.62. The van der Waals surface area contributed by atoms with Gasteiger partial charge in [0.25, 0.3) is 5.91 Å². The van der Waals surface area contributed by atoms with Crippen LogP contribution in [0.4, 0.5) is 8.87 Å². The van der Waals surface area contributed by atoms with Crippen LogP contribution in [-0.2, 0) is 20.8 Å². The second-order valence-electron chi connectivity index (χ2n) is 7.40. The van der Waals surface area contributed by atoms with Crippen LogP contribution in [0.2, 0.25) is 0 Å². The maximum atomic E-state index is 13.4. The highest BCUT2D eigenvalue weighted by Gasteiger charge is 2.29. The molecule has 3 atom stereocenters. The molecule has 4 N–H and O–H groups in total. The molecule has 0 spiro atoms. The van der Waals surface area contributed by atoms with E-state index in [1.54, 1.807) is 24.4 Å². The number of carbonyl (C=O) groups excluding carboxylic acids is 3. The van der Waals surface area contributed by atoms with Gasteiger partial charge >= 0.3 is 0 Å². The number of halogens is 2. The van der Waals surface area contributed by atoms with Crippen molar-refractivity contribution in [2.75, 3.05) is 13.7 Å². The average Bonchev–Trinajstić information content (AvgIpc) is 2.76. The molecule has 174 valence electrons. The van der Waals surface area contributed by atoms with Gasteiger partial charge in [-0.2, -0.15) is 5.12 Å². The number of rotatable bonds is 14. The summed E-state index contributed by atoms with van der Waals surface area (Å²) < 4.78 is 25.9. The van der Waals surface area contributed by atoms with Crippen LogP contribution in [0, 0.1) is 0 Å². The molecule has 1 aromatic heterocycles. The fraction of sp³-hybridized carbons (Fsp3) is 0.619. The largest absolute Gasteiger partial charge is 0.343 e. The minimum atomic E-state index is -1.18. The Labute approximate surface area is 181 Å². The molecule has 0 saturated carbocycles. The number of likely N-dealkylation sites (N-methyl/N-ethyl adjacent to an activating group) is 1. The summed E-state index contributed by atoms with van der Waals surface area (Å²) in [5, 5.41) is 4.99. The number of nitrogens with one attached hydrogen (secondary N) is 2. The van der Waals surface area contributed by atoms with Crippen LogP contribution in [0.3, 0.4) is 0 Å². The van der Waals surface area contributed by atoms with Gasteiger partial charge < -0.3 is 16.4 Å². The predicted octanol–water partition coefficient (Wildman–Crippen LogP) is 1.59. The van der Waals surface area contributed by atoms with Crippen LogP contribution in [-0.4, -0.2) is 59.7 Å². The normalized spacial score (nSPS) is 13.7. The van der Waals surface area contributed by atoms with Crippen LogP contribution in [0.25, 0.3) is 0 Å². The summed E-state index contributed by atoms with van der Waals surface area (Å²) in [6.07, 6.45) is 4.28. The first-order valence-electron chi connectivity index (χ1n) is 10.6. The number of alkyl halides is 1. The monoisotopic (exact) mass is 441 g/mol. The van der Waals surface area contributed by atoms with E-state index in [-0.39, 0.29) is 24.4 Å². The number of amides is 3. The third kappa shape index (κ3) is 9.82. The first kappa shape index (κ1) is 26.4. The highest BCUT2D eigenvalue weighted by molar-refractivity contribution is 5.92. The van der Waals surface area contributed by atoms with Crippen LogP contribution in [0.5, 0.6) is 0 Å². The smallest absolute Gasteiger partial charge is 0.272 e. The van der Waals surface area contributed by atoms with Gasteiger partial charge in [0.2, 0.25) is 11.8 Å². The maximum absolute atomic E-state index is 13.4. The van der Waals surface area contributed by atoms with E-state index in [1.165, 1.54) is 0 Å². The van der Waals surface area contributed by atoms with Crippen molar-refractivity contribution in [3.63, 3.8) is 0 Å². The lowest BCUT2D eigenvalue weighted by Crippen LogP contribution is -2.56. The standard InChI is InChI=1S/C21H33F2N5O3/c1-3-4-10-16(24)19(29)27-18(14-15-9-6-8-13-25-15)20(30)26-17(11-5-7-12-22)21(31)28(2)23/h6,8-9,13,16-18H,3-5,7,10-12,14,24H2,1-2H3,(H,26,30)(H,27,29)/t16-,17-,18-/m0/s1. The zero-order chi connectivity index (χ0) is 23.2. The molecule has 0 unspecified atom stereocenters. The van der Waals surface area contributed by atoms with Gasteiger partial charge in [0.15, 0.2) is 0 Å². The van der Waals surface area contributed by atoms with Crippen molar-refractivity contribution in [3.05, 3.63) is 30.1 Å². The molecular formula is C21H33F2N5O3. The van der Waals surface area contributed by atoms with Crippen LogP contribution < -0.4 is 16.4 Å². The molecule has 0 aliphatic heterocycles. The Balaban J connectivity index is 2.95. The molecular weight excluding hydrogens is 408 g/mol. The van der Waals surface area contributed by atoms with Gasteiger partial charge in [0.1, 0.15) is 12.1 Å². The van der Waals surface area contributed by atoms with Crippen molar-refractivity contribution in [1.29, 1.82) is 0 Å². The molecule has 31 heavy (non-hydrogen) atoms. The molecule has 3 amide bonds. The summed E-state index contributed by atoms with van der Waals surface area (Å²) in [4.78, 5) is 41.7. The lowest BCUT2D eigenvalue weighted by atomic mass is 10.0. The zero-order valence-electron chi connectivity index (χ0n) is 18.2. The van der Waals surface area contributed by atoms with E-state index >= 15 is 0 Å². The molecule has 1 aromatic rings. The van der Waals surface area contributed by atoms with E-state index in [9.17, 15) is 23.3 Å². The van der Waals surface area contributed by atoms with Crippen molar-refractivity contribution in [2.24, 2.45) is 5.73 Å². The Morgan fingerprint density at radius 1 is 1.10 bits per heavy atom. The molecule has 0 aromatic carbocycles. The Morgan fingerprint density at radius 3 is 2.39 bits per heavy atom. The number of nitrogens with zero attached hydrogens (tertiary/aromatic N) is 2. The SMILES string of the molecule is CCCC[C@H](N)C(=O)N[C@@H](Cc1ccccn1)C(=O)N[C@@H](CCCCF)C(=O)N(C)F. The number of hydrogen-bond acceptors (Lipinski definition) is 5. The third-order valence-electron chi connectivity index (χ3n) is 4.77. The second-order valence-corrected chi connectivity index (χ2v) is 7.40. The molecule has 0 aliphatic rings. The average molecular weight is 442 g/mol. The quantitative estimate of drug-likeness (QED) is 0.299. The third-order valence-corrected chi connectivity index (χ3v) is 4.77. The van der Waals surface area contributed by atoms with E-state index in [4.69, 9.17) is 5.73 Å². The predicted molar refractivity (Wildman–Crippen MR) is 113 cm³/mol. The van der Waals surface area contributed by atoms with Gasteiger partial charge in [-0.3, -0.25) is 23.8 Å². The molecule has 0 fully saturated rings. The Bertz CT molecular complexity index is 691. The molecule has 1 heterocycles. The molecule has 8 nitrogen and oxygen atoms in total. The van der Waals surface area contributed by atoms with E-state index in [1.807, 2.05) is 6.92 Å². The van der Waals surface area contributed by atoms with Crippen LogP contribution in [0.1, 0.15) is 51.1 Å². The summed E-state index contributed by atoms with van der Waals surface area (Å²) in [7, 11) is 0.927. The highest BCUT2D eigenvalue weighted by atomic mass is 19.2. The van der Waals surface area contributed by atoms with Crippen molar-refractivity contribution in [3.8, 4) is 0 Å². The van der Waals surface area contributed by atoms with Crippen LogP contribution in [0.15, 0.2) is 24.4 Å². The fourth-order valence-corrected chi connectivity index (χ4v) is 2.96. The van der Waals surface area contributed by atoms with Gasteiger partial charge in [-0.25, -0.2) is 0 Å². The molecule has 0 bridgehead atoms. The first-order chi connectivity index (χ1) is 14.8. The van der Waals surface area contributed by atoms with Crippen molar-refractivity contribution in [1.82, 2.24) is 20.7 Å². The minimum absolute atomic E-state index is 0.0652. The summed E-state index contributed by atoms with van der Waals surface area (Å²) >= 11 is 0. The summed E-state index contributed by atoms with van der Waals surface area (Å²) in [5.41, 5.74) is 6.46. The molecule has 0 radical (unpaired) electrons. The second kappa shape index (κ2) is 14.4. The highest BCUT2D eigenvalue weighted by Crippen LogP contribution is 2.08. The maximum Gasteiger partial charge on any atom is 0.272 e. The van der Waals surface area contributed by atoms with Gasteiger partial charge in [-0.1, -0.05) is 30.3 Å². The lowest BCUT2D eigenvalue weighted by Gasteiger charge is -2.24. The first-order valence-corrected chi connectivity index (χ1v) is 10.6. The summed E-state index contributed by atoms with van der Waals surface area (Å²) in [5.74, 6) is -2.11. The van der Waals surface area contributed by atoms with Crippen molar-refractivity contribution < 1.29 is 23.3 Å². The summed E-state index contributed by atoms with van der Waals surface area (Å²) in [6.45, 7) is 1.40. The van der Waals surface area contributed by atoms with Gasteiger partial charge in [-0.05, 0) is 37.8 Å². The zero-order valence-corrected chi connectivity index (χ0v) is 18.2. The van der Waals surface area contributed by atoms with Crippen molar-refractivity contribution >= 4 is 17.7 Å². The number of nitrogens with two attached hydrogens (primary N) is 1. The number of hydrogen-bond donors (Lipinski definition) is 3. The van der Waals surface area contributed by atoms with Crippen molar-refractivity contribution in [2.45, 2.75) is 70.0 Å². The Kier molecular flexibility index (Phi) is 12.3. The van der Waals surface area contributed by atoms with Crippen LogP contribution >= 0.6 is 0 Å². The topological polar surface area (TPSA) is 117 Å². The number of carbonyl (C=O) groups is 3.